The first-order chi connectivity index (χ1) is 11.4. The summed E-state index contributed by atoms with van der Waals surface area (Å²) in [6, 6.07) is 5.34. The van der Waals surface area contributed by atoms with Crippen molar-refractivity contribution in [1.29, 1.82) is 0 Å². The summed E-state index contributed by atoms with van der Waals surface area (Å²) < 4.78 is 38.7. The molecule has 1 aromatic rings. The van der Waals surface area contributed by atoms with Crippen LogP contribution < -0.4 is 10.6 Å². The third-order valence-corrected chi connectivity index (χ3v) is 4.16. The van der Waals surface area contributed by atoms with Crippen LogP contribution in [0.25, 0.3) is 0 Å². The number of hydrogen-bond acceptors (Lipinski definition) is 2. The molecule has 0 aliphatic carbocycles. The number of carbonyl (C=O) groups excluding carboxylic acids is 2. The van der Waals surface area contributed by atoms with Crippen molar-refractivity contribution in [2.24, 2.45) is 11.3 Å². The maximum atomic E-state index is 12.9. The lowest BCUT2D eigenvalue weighted by Crippen LogP contribution is -2.52. The molecule has 0 saturated heterocycles. The molecule has 1 atom stereocenters. The zero-order valence-electron chi connectivity index (χ0n) is 14.5. The van der Waals surface area contributed by atoms with E-state index in [2.05, 4.69) is 10.6 Å². The van der Waals surface area contributed by atoms with E-state index in [9.17, 15) is 22.8 Å². The summed E-state index contributed by atoms with van der Waals surface area (Å²) in [7, 11) is 0. The summed E-state index contributed by atoms with van der Waals surface area (Å²) in [5, 5.41) is 5.03. The van der Waals surface area contributed by atoms with Crippen molar-refractivity contribution < 1.29 is 22.8 Å². The Hall–Kier alpha value is -1.76. The molecule has 1 aromatic carbocycles. The topological polar surface area (TPSA) is 58.2 Å². The van der Waals surface area contributed by atoms with Gasteiger partial charge in [-0.1, -0.05) is 37.6 Å². The number of amides is 2. The first-order valence-corrected chi connectivity index (χ1v) is 8.14. The molecule has 0 aliphatic rings. The van der Waals surface area contributed by atoms with Crippen molar-refractivity contribution >= 4 is 23.4 Å². The highest BCUT2D eigenvalue weighted by Crippen LogP contribution is 2.36. The molecule has 0 spiro atoms. The van der Waals surface area contributed by atoms with Crippen LogP contribution in [-0.4, -0.2) is 30.6 Å². The van der Waals surface area contributed by atoms with Gasteiger partial charge in [0.1, 0.15) is 6.04 Å². The largest absolute Gasteiger partial charge is 0.395 e. The van der Waals surface area contributed by atoms with Crippen molar-refractivity contribution in [2.75, 3.05) is 6.54 Å². The average Bonchev–Trinajstić information content (AvgIpc) is 2.49. The lowest BCUT2D eigenvalue weighted by Gasteiger charge is -2.29. The van der Waals surface area contributed by atoms with Gasteiger partial charge in [-0.25, -0.2) is 0 Å². The van der Waals surface area contributed by atoms with E-state index in [1.165, 1.54) is 12.1 Å². The van der Waals surface area contributed by atoms with Crippen molar-refractivity contribution in [3.63, 3.8) is 0 Å². The van der Waals surface area contributed by atoms with Gasteiger partial charge >= 0.3 is 6.18 Å². The molecule has 0 heterocycles. The molecule has 25 heavy (non-hydrogen) atoms. The van der Waals surface area contributed by atoms with Gasteiger partial charge in [-0.3, -0.25) is 9.59 Å². The molecule has 2 amide bonds. The minimum atomic E-state index is -4.45. The highest BCUT2D eigenvalue weighted by Gasteiger charge is 2.47. The molecule has 0 radical (unpaired) electrons. The third-order valence-electron chi connectivity index (χ3n) is 3.83. The predicted molar refractivity (Wildman–Crippen MR) is 90.4 cm³/mol. The van der Waals surface area contributed by atoms with Crippen molar-refractivity contribution in [3.8, 4) is 0 Å². The van der Waals surface area contributed by atoms with Gasteiger partial charge in [0.2, 0.25) is 5.91 Å². The van der Waals surface area contributed by atoms with Gasteiger partial charge in [0.15, 0.2) is 0 Å². The second kappa shape index (κ2) is 8.08. The van der Waals surface area contributed by atoms with Gasteiger partial charge in [-0.05, 0) is 31.9 Å². The first-order valence-electron chi connectivity index (χ1n) is 7.76. The molecule has 2 N–H and O–H groups in total. The van der Waals surface area contributed by atoms with E-state index in [0.29, 0.717) is 0 Å². The standard InChI is InChI=1S/C17H22ClF3N2O2/c1-10(2)13(15(25)22-9-16(3,4)17(19,20)21)23-14(24)11-7-5-6-8-12(11)18/h5-8,10,13H,9H2,1-4H3,(H,22,25)(H,23,24)/t13-/m0/s1. The molecular formula is C17H22ClF3N2O2. The van der Waals surface area contributed by atoms with Crippen LogP contribution >= 0.6 is 11.6 Å². The van der Waals surface area contributed by atoms with Crippen LogP contribution in [0.4, 0.5) is 13.2 Å². The second-order valence-corrected chi connectivity index (χ2v) is 7.18. The maximum Gasteiger partial charge on any atom is 0.395 e. The summed E-state index contributed by atoms with van der Waals surface area (Å²) in [6.45, 7) is 4.79. The molecule has 0 unspecified atom stereocenters. The van der Waals surface area contributed by atoms with Crippen LogP contribution in [0.5, 0.6) is 0 Å². The highest BCUT2D eigenvalue weighted by atomic mass is 35.5. The van der Waals surface area contributed by atoms with Crippen molar-refractivity contribution in [2.45, 2.75) is 39.9 Å². The number of rotatable bonds is 6. The maximum absolute atomic E-state index is 12.9. The van der Waals surface area contributed by atoms with E-state index in [4.69, 9.17) is 11.6 Å². The molecule has 4 nitrogen and oxygen atoms in total. The van der Waals surface area contributed by atoms with E-state index in [0.717, 1.165) is 13.8 Å². The Morgan fingerprint density at radius 3 is 2.20 bits per heavy atom. The third kappa shape index (κ3) is 5.63. The number of halogens is 4. The summed E-state index contributed by atoms with van der Waals surface area (Å²) in [6.07, 6.45) is -4.45. The van der Waals surface area contributed by atoms with Gasteiger partial charge in [0, 0.05) is 6.54 Å². The number of benzene rings is 1. The zero-order chi connectivity index (χ0) is 19.4. The summed E-state index contributed by atoms with van der Waals surface area (Å²) in [4.78, 5) is 24.6. The van der Waals surface area contributed by atoms with Gasteiger partial charge in [0.25, 0.3) is 5.91 Å². The molecule has 0 aromatic heterocycles. The van der Waals surface area contributed by atoms with Gasteiger partial charge in [-0.2, -0.15) is 13.2 Å². The molecule has 0 bridgehead atoms. The smallest absolute Gasteiger partial charge is 0.353 e. The normalized spacial score (nSPS) is 13.5. The van der Waals surface area contributed by atoms with Crippen LogP contribution in [-0.2, 0) is 4.79 Å². The molecule has 0 saturated carbocycles. The van der Waals surface area contributed by atoms with E-state index < -0.39 is 36.0 Å². The molecular weight excluding hydrogens is 357 g/mol. The molecule has 140 valence electrons. The summed E-state index contributed by atoms with van der Waals surface area (Å²) in [5.41, 5.74) is -1.88. The molecule has 1 rings (SSSR count). The van der Waals surface area contributed by atoms with Crippen LogP contribution in [0.3, 0.4) is 0 Å². The number of hydrogen-bond donors (Lipinski definition) is 2. The fourth-order valence-corrected chi connectivity index (χ4v) is 2.14. The van der Waals surface area contributed by atoms with Crippen molar-refractivity contribution in [1.82, 2.24) is 10.6 Å². The monoisotopic (exact) mass is 378 g/mol. The van der Waals surface area contributed by atoms with E-state index >= 15 is 0 Å². The SMILES string of the molecule is CC(C)[C@H](NC(=O)c1ccccc1Cl)C(=O)NCC(C)(C)C(F)(F)F. The number of carbonyl (C=O) groups is 2. The quantitative estimate of drug-likeness (QED) is 0.791. The number of alkyl halides is 3. The fourth-order valence-electron chi connectivity index (χ4n) is 1.92. The summed E-state index contributed by atoms with van der Waals surface area (Å²) in [5.74, 6) is -1.55. The Morgan fingerprint density at radius 2 is 1.72 bits per heavy atom. The van der Waals surface area contributed by atoms with Crippen LogP contribution in [0.15, 0.2) is 24.3 Å². The van der Waals surface area contributed by atoms with Crippen LogP contribution in [0.1, 0.15) is 38.1 Å². The molecule has 8 heteroatoms. The Balaban J connectivity index is 2.82. The fraction of sp³-hybridized carbons (Fsp3) is 0.529. The minimum Gasteiger partial charge on any atom is -0.353 e. The van der Waals surface area contributed by atoms with E-state index in [1.54, 1.807) is 26.0 Å². The zero-order valence-corrected chi connectivity index (χ0v) is 15.3. The lowest BCUT2D eigenvalue weighted by molar-refractivity contribution is -0.209. The highest BCUT2D eigenvalue weighted by molar-refractivity contribution is 6.33. The lowest BCUT2D eigenvalue weighted by atomic mass is 9.92. The Morgan fingerprint density at radius 1 is 1.16 bits per heavy atom. The minimum absolute atomic E-state index is 0.193. The molecule has 0 aliphatic heterocycles. The van der Waals surface area contributed by atoms with Gasteiger partial charge in [0.05, 0.1) is 16.0 Å². The van der Waals surface area contributed by atoms with E-state index in [1.807, 2.05) is 0 Å². The first kappa shape index (κ1) is 21.3. The number of nitrogens with one attached hydrogen (secondary N) is 2. The van der Waals surface area contributed by atoms with Crippen LogP contribution in [0.2, 0.25) is 5.02 Å². The molecule has 0 fully saturated rings. The Labute approximate surface area is 150 Å². The van der Waals surface area contributed by atoms with Crippen LogP contribution in [0, 0.1) is 11.3 Å². The van der Waals surface area contributed by atoms with Crippen molar-refractivity contribution in [3.05, 3.63) is 34.9 Å². The van der Waals surface area contributed by atoms with Gasteiger partial charge < -0.3 is 10.6 Å². The van der Waals surface area contributed by atoms with Gasteiger partial charge in [-0.15, -0.1) is 0 Å². The predicted octanol–water partition coefficient (Wildman–Crippen LogP) is 3.80. The van der Waals surface area contributed by atoms with E-state index in [-0.39, 0.29) is 16.5 Å². The summed E-state index contributed by atoms with van der Waals surface area (Å²) >= 11 is 5.95. The second-order valence-electron chi connectivity index (χ2n) is 6.77. The average molecular weight is 379 g/mol. The Kier molecular flexibility index (Phi) is 6.88. The Bertz CT molecular complexity index is 631.